The highest BCUT2D eigenvalue weighted by molar-refractivity contribution is 6.35. The van der Waals surface area contributed by atoms with Crippen LogP contribution in [-0.4, -0.2) is 31.1 Å². The van der Waals surface area contributed by atoms with Gasteiger partial charge in [-0.05, 0) is 24.5 Å². The van der Waals surface area contributed by atoms with Crippen molar-refractivity contribution in [1.82, 2.24) is 16.2 Å². The van der Waals surface area contributed by atoms with E-state index < -0.39 is 11.8 Å². The summed E-state index contributed by atoms with van der Waals surface area (Å²) in [4.78, 5) is 23.1. The molecular weight excluding hydrogens is 294 g/mol. The third-order valence-electron chi connectivity index (χ3n) is 3.16. The monoisotopic (exact) mass is 311 g/mol. The van der Waals surface area contributed by atoms with Crippen LogP contribution >= 0.6 is 11.6 Å². The number of amides is 2. The maximum absolute atomic E-state index is 11.6. The fraction of sp³-hybridized carbons (Fsp3) is 0.429. The molecule has 0 aliphatic carbocycles. The fourth-order valence-corrected chi connectivity index (χ4v) is 2.21. The number of halogens is 1. The predicted molar refractivity (Wildman–Crippen MR) is 78.4 cm³/mol. The Morgan fingerprint density at radius 2 is 2.10 bits per heavy atom. The lowest BCUT2D eigenvalue weighted by Crippen LogP contribution is -2.47. The SMILES string of the molecule is O=C(NC[C@H]1CCCO1)C(=O)NNCc1ccccc1Cl. The van der Waals surface area contributed by atoms with Crippen molar-refractivity contribution in [2.45, 2.75) is 25.5 Å². The normalized spacial score (nSPS) is 17.5. The zero-order valence-electron chi connectivity index (χ0n) is 11.5. The molecule has 2 amide bonds. The van der Waals surface area contributed by atoms with Crippen LogP contribution in [-0.2, 0) is 20.9 Å². The number of carbonyl (C=O) groups is 2. The van der Waals surface area contributed by atoms with Crippen molar-refractivity contribution < 1.29 is 14.3 Å². The third kappa shape index (κ3) is 5.00. The largest absolute Gasteiger partial charge is 0.376 e. The van der Waals surface area contributed by atoms with Gasteiger partial charge >= 0.3 is 11.8 Å². The number of rotatable bonds is 5. The number of carbonyl (C=O) groups excluding carboxylic acids is 2. The van der Waals surface area contributed by atoms with Crippen LogP contribution in [0.4, 0.5) is 0 Å². The summed E-state index contributed by atoms with van der Waals surface area (Å²) >= 11 is 5.98. The summed E-state index contributed by atoms with van der Waals surface area (Å²) in [6, 6.07) is 7.26. The van der Waals surface area contributed by atoms with Gasteiger partial charge in [0.1, 0.15) is 0 Å². The lowest BCUT2D eigenvalue weighted by atomic mass is 10.2. The lowest BCUT2D eigenvalue weighted by molar-refractivity contribution is -0.140. The van der Waals surface area contributed by atoms with E-state index in [1.165, 1.54) is 0 Å². The molecular formula is C14H18ClN3O3. The maximum atomic E-state index is 11.6. The van der Waals surface area contributed by atoms with Crippen LogP contribution in [0, 0.1) is 0 Å². The van der Waals surface area contributed by atoms with E-state index >= 15 is 0 Å². The molecule has 1 atom stereocenters. The van der Waals surface area contributed by atoms with Crippen molar-refractivity contribution in [3.05, 3.63) is 34.9 Å². The molecule has 1 aliphatic heterocycles. The minimum absolute atomic E-state index is 0.0119. The van der Waals surface area contributed by atoms with E-state index in [-0.39, 0.29) is 6.10 Å². The second kappa shape index (κ2) is 7.97. The zero-order valence-corrected chi connectivity index (χ0v) is 12.3. The van der Waals surface area contributed by atoms with Crippen LogP contribution in [0.25, 0.3) is 0 Å². The van der Waals surface area contributed by atoms with Gasteiger partial charge in [-0.25, -0.2) is 5.43 Å². The average Bonchev–Trinajstić information content (AvgIpc) is 3.00. The van der Waals surface area contributed by atoms with Gasteiger partial charge < -0.3 is 10.1 Å². The number of hydrogen-bond donors (Lipinski definition) is 3. The Morgan fingerprint density at radius 3 is 2.81 bits per heavy atom. The zero-order chi connectivity index (χ0) is 15.1. The minimum atomic E-state index is -0.736. The molecule has 7 heteroatoms. The van der Waals surface area contributed by atoms with Crippen LogP contribution in [0.5, 0.6) is 0 Å². The van der Waals surface area contributed by atoms with E-state index in [0.29, 0.717) is 24.7 Å². The van der Waals surface area contributed by atoms with Gasteiger partial charge in [0.05, 0.1) is 6.10 Å². The fourth-order valence-electron chi connectivity index (χ4n) is 2.01. The molecule has 0 radical (unpaired) electrons. The Kier molecular flexibility index (Phi) is 5.98. The molecule has 1 fully saturated rings. The Morgan fingerprint density at radius 1 is 1.29 bits per heavy atom. The van der Waals surface area contributed by atoms with Gasteiger partial charge in [0, 0.05) is 24.7 Å². The Balaban J connectivity index is 1.66. The molecule has 2 rings (SSSR count). The second-order valence-corrected chi connectivity index (χ2v) is 5.15. The van der Waals surface area contributed by atoms with Gasteiger partial charge in [-0.15, -0.1) is 0 Å². The van der Waals surface area contributed by atoms with Crippen LogP contribution < -0.4 is 16.2 Å². The van der Waals surface area contributed by atoms with Crippen molar-refractivity contribution in [2.75, 3.05) is 13.2 Å². The van der Waals surface area contributed by atoms with Gasteiger partial charge in [-0.3, -0.25) is 15.0 Å². The summed E-state index contributed by atoms with van der Waals surface area (Å²) in [7, 11) is 0. The van der Waals surface area contributed by atoms with Crippen molar-refractivity contribution >= 4 is 23.4 Å². The van der Waals surface area contributed by atoms with Gasteiger partial charge in [0.25, 0.3) is 0 Å². The van der Waals surface area contributed by atoms with E-state index in [0.717, 1.165) is 18.4 Å². The van der Waals surface area contributed by atoms with E-state index in [2.05, 4.69) is 16.2 Å². The Labute approximate surface area is 128 Å². The predicted octanol–water partition coefficient (Wildman–Crippen LogP) is 0.756. The molecule has 0 saturated carbocycles. The molecule has 0 unspecified atom stereocenters. The summed E-state index contributed by atoms with van der Waals surface area (Å²) in [5.41, 5.74) is 5.84. The standard InChI is InChI=1S/C14H18ClN3O3/c15-12-6-2-1-4-10(12)8-17-18-14(20)13(19)16-9-11-5-3-7-21-11/h1-2,4,6,11,17H,3,5,7-9H2,(H,16,19)(H,18,20)/t11-/m1/s1. The number of ether oxygens (including phenoxy) is 1. The molecule has 1 heterocycles. The minimum Gasteiger partial charge on any atom is -0.376 e. The quantitative estimate of drug-likeness (QED) is 0.554. The van der Waals surface area contributed by atoms with Crippen LogP contribution in [0.3, 0.4) is 0 Å². The molecule has 6 nitrogen and oxygen atoms in total. The first-order valence-electron chi connectivity index (χ1n) is 6.83. The number of hydrogen-bond acceptors (Lipinski definition) is 4. The molecule has 1 aromatic rings. The highest BCUT2D eigenvalue weighted by atomic mass is 35.5. The molecule has 1 saturated heterocycles. The summed E-state index contributed by atoms with van der Waals surface area (Å²) in [5, 5.41) is 3.14. The molecule has 0 aromatic heterocycles. The van der Waals surface area contributed by atoms with E-state index in [1.807, 2.05) is 18.2 Å². The molecule has 21 heavy (non-hydrogen) atoms. The summed E-state index contributed by atoms with van der Waals surface area (Å²) in [6.07, 6.45) is 1.91. The van der Waals surface area contributed by atoms with Crippen molar-refractivity contribution in [2.24, 2.45) is 0 Å². The van der Waals surface area contributed by atoms with Crippen LogP contribution in [0.15, 0.2) is 24.3 Å². The van der Waals surface area contributed by atoms with E-state index in [9.17, 15) is 9.59 Å². The van der Waals surface area contributed by atoms with Crippen LogP contribution in [0.2, 0.25) is 5.02 Å². The van der Waals surface area contributed by atoms with Crippen molar-refractivity contribution in [1.29, 1.82) is 0 Å². The first-order valence-corrected chi connectivity index (χ1v) is 7.20. The third-order valence-corrected chi connectivity index (χ3v) is 3.53. The topological polar surface area (TPSA) is 79.5 Å². The summed E-state index contributed by atoms with van der Waals surface area (Å²) in [5.74, 6) is -1.42. The highest BCUT2D eigenvalue weighted by Gasteiger charge is 2.19. The van der Waals surface area contributed by atoms with Gasteiger partial charge in [-0.2, -0.15) is 0 Å². The van der Waals surface area contributed by atoms with Crippen molar-refractivity contribution in [3.63, 3.8) is 0 Å². The number of hydrazine groups is 1. The molecule has 3 N–H and O–H groups in total. The molecule has 1 aromatic carbocycles. The molecule has 0 bridgehead atoms. The van der Waals surface area contributed by atoms with E-state index in [1.54, 1.807) is 6.07 Å². The van der Waals surface area contributed by atoms with Crippen molar-refractivity contribution in [3.8, 4) is 0 Å². The average molecular weight is 312 g/mol. The Hall–Kier alpha value is -1.63. The smallest absolute Gasteiger partial charge is 0.323 e. The maximum Gasteiger partial charge on any atom is 0.323 e. The lowest BCUT2D eigenvalue weighted by Gasteiger charge is -2.11. The summed E-state index contributed by atoms with van der Waals surface area (Å²) < 4.78 is 5.36. The van der Waals surface area contributed by atoms with Gasteiger partial charge in [0.15, 0.2) is 0 Å². The molecule has 114 valence electrons. The van der Waals surface area contributed by atoms with Gasteiger partial charge in [-0.1, -0.05) is 29.8 Å². The first kappa shape index (κ1) is 15.8. The van der Waals surface area contributed by atoms with Gasteiger partial charge in [0.2, 0.25) is 0 Å². The number of benzene rings is 1. The summed E-state index contributed by atoms with van der Waals surface area (Å²) in [6.45, 7) is 1.41. The second-order valence-electron chi connectivity index (χ2n) is 4.74. The highest BCUT2D eigenvalue weighted by Crippen LogP contribution is 2.13. The molecule has 0 spiro atoms. The van der Waals surface area contributed by atoms with Crippen LogP contribution in [0.1, 0.15) is 18.4 Å². The first-order chi connectivity index (χ1) is 10.2. The number of nitrogens with one attached hydrogen (secondary N) is 3. The molecule has 1 aliphatic rings. The van der Waals surface area contributed by atoms with E-state index in [4.69, 9.17) is 16.3 Å². The Bertz CT molecular complexity index is 504.